The summed E-state index contributed by atoms with van der Waals surface area (Å²) in [6, 6.07) is 0.339. The molecule has 0 aliphatic carbocycles. The molecule has 0 saturated carbocycles. The van der Waals surface area contributed by atoms with Crippen LogP contribution in [-0.2, 0) is 0 Å². The highest BCUT2D eigenvalue weighted by Crippen LogP contribution is 2.27. The number of thioether (sulfide) groups is 1. The van der Waals surface area contributed by atoms with Gasteiger partial charge in [0.1, 0.15) is 5.01 Å². The molecule has 0 radical (unpaired) electrons. The maximum atomic E-state index is 12.1. The molecule has 0 bridgehead atoms. The van der Waals surface area contributed by atoms with E-state index in [0.29, 0.717) is 17.1 Å². The van der Waals surface area contributed by atoms with Gasteiger partial charge in [0.15, 0.2) is 0 Å². The van der Waals surface area contributed by atoms with Crippen molar-refractivity contribution < 1.29 is 4.79 Å². The average molecular weight is 271 g/mol. The zero-order chi connectivity index (χ0) is 12.4. The Bertz CT molecular complexity index is 407. The molecule has 0 spiro atoms. The normalized spacial score (nSPS) is 25.0. The molecular weight excluding hydrogens is 254 g/mol. The topological polar surface area (TPSA) is 46.1 Å². The number of likely N-dealkylation sites (tertiary alicyclic amines) is 1. The van der Waals surface area contributed by atoms with E-state index in [0.717, 1.165) is 29.7 Å². The number of piperidine rings is 1. The summed E-state index contributed by atoms with van der Waals surface area (Å²) in [5.41, 5.74) is 0. The van der Waals surface area contributed by atoms with Gasteiger partial charge in [-0.25, -0.2) is 4.98 Å². The van der Waals surface area contributed by atoms with E-state index in [2.05, 4.69) is 23.2 Å². The molecule has 4 nitrogen and oxygen atoms in total. The number of rotatable bonds is 1. The van der Waals surface area contributed by atoms with Gasteiger partial charge in [-0.3, -0.25) is 4.79 Å². The minimum Gasteiger partial charge on any atom is -0.330 e. The molecule has 2 unspecified atom stereocenters. The Hall–Kier alpha value is -0.620. The van der Waals surface area contributed by atoms with Crippen LogP contribution in [0.15, 0.2) is 5.16 Å². The molecule has 0 N–H and O–H groups in total. The van der Waals surface area contributed by atoms with Crippen molar-refractivity contribution in [1.82, 2.24) is 14.3 Å². The quantitative estimate of drug-likeness (QED) is 0.736. The third-order valence-electron chi connectivity index (χ3n) is 3.04. The Balaban J connectivity index is 1.99. The van der Waals surface area contributed by atoms with Crippen molar-refractivity contribution in [2.45, 2.75) is 44.8 Å². The fourth-order valence-corrected chi connectivity index (χ4v) is 3.41. The maximum absolute atomic E-state index is 12.1. The minimum atomic E-state index is 0.0850. The Labute approximate surface area is 110 Å². The Kier molecular flexibility index (Phi) is 4.04. The van der Waals surface area contributed by atoms with E-state index in [4.69, 9.17) is 0 Å². The lowest BCUT2D eigenvalue weighted by Gasteiger charge is -2.36. The van der Waals surface area contributed by atoms with Gasteiger partial charge in [-0.1, -0.05) is 6.92 Å². The van der Waals surface area contributed by atoms with Crippen molar-refractivity contribution in [1.29, 1.82) is 0 Å². The molecule has 1 saturated heterocycles. The molecule has 2 heterocycles. The maximum Gasteiger partial charge on any atom is 0.289 e. The molecule has 94 valence electrons. The third kappa shape index (κ3) is 3.19. The van der Waals surface area contributed by atoms with E-state index < -0.39 is 0 Å². The van der Waals surface area contributed by atoms with Crippen molar-refractivity contribution in [3.05, 3.63) is 5.01 Å². The standard InChI is InChI=1S/C11H17N3OS2/c1-7-4-5-8(2)14(6-7)11(15)16-10-12-9(3)17-13-10/h7-8H,4-6H2,1-3H3. The fourth-order valence-electron chi connectivity index (χ4n) is 2.00. The van der Waals surface area contributed by atoms with Gasteiger partial charge in [0.2, 0.25) is 5.16 Å². The van der Waals surface area contributed by atoms with Gasteiger partial charge in [-0.2, -0.15) is 4.37 Å². The number of aromatic nitrogens is 2. The molecule has 17 heavy (non-hydrogen) atoms. The largest absolute Gasteiger partial charge is 0.330 e. The number of nitrogens with zero attached hydrogens (tertiary/aromatic N) is 3. The van der Waals surface area contributed by atoms with E-state index in [1.54, 1.807) is 0 Å². The van der Waals surface area contributed by atoms with Crippen LogP contribution in [-0.4, -0.2) is 32.1 Å². The predicted octanol–water partition coefficient (Wildman–Crippen LogP) is 3.18. The molecule has 6 heteroatoms. The van der Waals surface area contributed by atoms with Crippen molar-refractivity contribution >= 4 is 28.5 Å². The Morgan fingerprint density at radius 2 is 2.24 bits per heavy atom. The summed E-state index contributed by atoms with van der Waals surface area (Å²) in [6.07, 6.45) is 2.31. The SMILES string of the molecule is Cc1nc(SC(=O)N2CC(C)CCC2C)ns1. The minimum absolute atomic E-state index is 0.0850. The second kappa shape index (κ2) is 5.35. The summed E-state index contributed by atoms with van der Waals surface area (Å²) in [5.74, 6) is 0.598. The van der Waals surface area contributed by atoms with Gasteiger partial charge >= 0.3 is 0 Å². The number of aryl methyl sites for hydroxylation is 1. The van der Waals surface area contributed by atoms with Gasteiger partial charge in [0.05, 0.1) is 0 Å². The Morgan fingerprint density at radius 1 is 1.47 bits per heavy atom. The smallest absolute Gasteiger partial charge is 0.289 e. The lowest BCUT2D eigenvalue weighted by atomic mass is 9.96. The lowest BCUT2D eigenvalue weighted by molar-refractivity contribution is 0.156. The van der Waals surface area contributed by atoms with Crippen LogP contribution in [0.3, 0.4) is 0 Å². The van der Waals surface area contributed by atoms with E-state index in [1.807, 2.05) is 11.8 Å². The van der Waals surface area contributed by atoms with Gasteiger partial charge < -0.3 is 4.90 Å². The number of hydrogen-bond acceptors (Lipinski definition) is 5. The number of carbonyl (C=O) groups excluding carboxylic acids is 1. The van der Waals surface area contributed by atoms with Crippen molar-refractivity contribution in [2.24, 2.45) is 5.92 Å². The number of carbonyl (C=O) groups is 1. The lowest BCUT2D eigenvalue weighted by Crippen LogP contribution is -2.43. The van der Waals surface area contributed by atoms with Crippen LogP contribution >= 0.6 is 23.3 Å². The van der Waals surface area contributed by atoms with Gasteiger partial charge in [-0.15, -0.1) is 0 Å². The predicted molar refractivity (Wildman–Crippen MR) is 70.5 cm³/mol. The molecular formula is C11H17N3OS2. The number of amides is 1. The van der Waals surface area contributed by atoms with Gasteiger partial charge in [0.25, 0.3) is 5.24 Å². The second-order valence-electron chi connectivity index (χ2n) is 4.65. The van der Waals surface area contributed by atoms with E-state index in [-0.39, 0.29) is 5.24 Å². The van der Waals surface area contributed by atoms with Crippen LogP contribution in [0.5, 0.6) is 0 Å². The monoisotopic (exact) mass is 271 g/mol. The molecule has 2 atom stereocenters. The van der Waals surface area contributed by atoms with Crippen LogP contribution in [0.1, 0.15) is 31.7 Å². The molecule has 1 aromatic rings. The first-order chi connectivity index (χ1) is 8.06. The van der Waals surface area contributed by atoms with Crippen molar-refractivity contribution in [3.63, 3.8) is 0 Å². The van der Waals surface area contributed by atoms with Crippen LogP contribution in [0.2, 0.25) is 0 Å². The molecule has 1 fully saturated rings. The summed E-state index contributed by atoms with van der Waals surface area (Å²) in [5, 5.41) is 1.57. The molecule has 0 aromatic carbocycles. The van der Waals surface area contributed by atoms with Gasteiger partial charge in [0, 0.05) is 24.3 Å². The number of hydrogen-bond donors (Lipinski definition) is 0. The molecule has 1 aliphatic heterocycles. The zero-order valence-corrected chi connectivity index (χ0v) is 12.0. The van der Waals surface area contributed by atoms with Crippen molar-refractivity contribution in [3.8, 4) is 0 Å². The average Bonchev–Trinajstić information content (AvgIpc) is 2.67. The van der Waals surface area contributed by atoms with E-state index in [1.165, 1.54) is 18.0 Å². The first-order valence-corrected chi connectivity index (χ1v) is 7.44. The van der Waals surface area contributed by atoms with E-state index >= 15 is 0 Å². The zero-order valence-electron chi connectivity index (χ0n) is 10.3. The van der Waals surface area contributed by atoms with Crippen LogP contribution < -0.4 is 0 Å². The molecule has 1 aliphatic rings. The summed E-state index contributed by atoms with van der Waals surface area (Å²) in [7, 11) is 0. The second-order valence-corrected chi connectivity index (χ2v) is 6.52. The summed E-state index contributed by atoms with van der Waals surface area (Å²) >= 11 is 2.49. The highest BCUT2D eigenvalue weighted by atomic mass is 32.2. The van der Waals surface area contributed by atoms with Crippen LogP contribution in [0.25, 0.3) is 0 Å². The highest BCUT2D eigenvalue weighted by Gasteiger charge is 2.28. The van der Waals surface area contributed by atoms with Gasteiger partial charge in [-0.05, 0) is 44.1 Å². The molecule has 2 rings (SSSR count). The van der Waals surface area contributed by atoms with E-state index in [9.17, 15) is 4.79 Å². The third-order valence-corrected chi connectivity index (χ3v) is 4.55. The first-order valence-electron chi connectivity index (χ1n) is 5.85. The summed E-state index contributed by atoms with van der Waals surface area (Å²) in [6.45, 7) is 7.07. The van der Waals surface area contributed by atoms with Crippen molar-refractivity contribution in [2.75, 3.05) is 6.54 Å². The fraction of sp³-hybridized carbons (Fsp3) is 0.727. The Morgan fingerprint density at radius 3 is 2.88 bits per heavy atom. The first kappa shape index (κ1) is 12.8. The van der Waals surface area contributed by atoms with Crippen LogP contribution in [0.4, 0.5) is 4.79 Å². The summed E-state index contributed by atoms with van der Waals surface area (Å²) in [4.78, 5) is 18.3. The summed E-state index contributed by atoms with van der Waals surface area (Å²) < 4.78 is 4.14. The molecule has 1 amide bonds. The molecule has 1 aromatic heterocycles. The van der Waals surface area contributed by atoms with Crippen LogP contribution in [0, 0.1) is 12.8 Å². The highest BCUT2D eigenvalue weighted by molar-refractivity contribution is 8.13.